The fourth-order valence-corrected chi connectivity index (χ4v) is 2.11. The molecule has 0 aromatic carbocycles. The Morgan fingerprint density at radius 2 is 1.75 bits per heavy atom. The minimum atomic E-state index is -4.99. The van der Waals surface area contributed by atoms with Crippen LogP contribution in [0.15, 0.2) is 0 Å². The number of morpholine rings is 1. The zero-order valence-electron chi connectivity index (χ0n) is 6.88. The summed E-state index contributed by atoms with van der Waals surface area (Å²) < 4.78 is 10.4. The molecule has 1 rings (SSSR count). The van der Waals surface area contributed by atoms with Gasteiger partial charge >= 0.3 is 69.7 Å². The normalized spacial score (nSPS) is 24.8. The Hall–Kier alpha value is 0.190. The van der Waals surface area contributed by atoms with Gasteiger partial charge in [0, 0.05) is 0 Å². The van der Waals surface area contributed by atoms with Crippen LogP contribution in [0.3, 0.4) is 0 Å². The van der Waals surface area contributed by atoms with Crippen LogP contribution in [0.4, 0.5) is 0 Å². The summed E-state index contributed by atoms with van der Waals surface area (Å²) in [7, 11) is -3.92. The maximum atomic E-state index is 9.30. The van der Waals surface area contributed by atoms with Crippen molar-refractivity contribution in [3.8, 4) is 0 Å². The fourth-order valence-electron chi connectivity index (χ4n) is 1.02. The predicted octanol–water partition coefficient (Wildman–Crippen LogP) is -0.930. The van der Waals surface area contributed by atoms with E-state index in [1.54, 1.807) is 0 Å². The van der Waals surface area contributed by atoms with Gasteiger partial charge in [0.05, 0.1) is 0 Å². The van der Waals surface area contributed by atoms with Crippen LogP contribution in [0.2, 0.25) is 0 Å². The molecular formula is C5H14NO5P. The molecule has 3 N–H and O–H groups in total. The van der Waals surface area contributed by atoms with Crippen LogP contribution in [0, 0.1) is 0 Å². The van der Waals surface area contributed by atoms with Gasteiger partial charge in [-0.25, -0.2) is 0 Å². The second-order valence-electron chi connectivity index (χ2n) is 2.61. The van der Waals surface area contributed by atoms with E-state index in [9.17, 15) is 14.7 Å². The fraction of sp³-hybridized carbons (Fsp3) is 1.00. The van der Waals surface area contributed by atoms with Crippen LogP contribution < -0.4 is 0 Å². The van der Waals surface area contributed by atoms with E-state index in [1.165, 1.54) is 0 Å². The van der Waals surface area contributed by atoms with Gasteiger partial charge in [-0.2, -0.15) is 0 Å². The van der Waals surface area contributed by atoms with Crippen molar-refractivity contribution >= 4 is 7.66 Å². The summed E-state index contributed by atoms with van der Waals surface area (Å²) in [5, 5.41) is 0. The first-order chi connectivity index (χ1) is 5.44. The van der Waals surface area contributed by atoms with E-state index in [2.05, 4.69) is 4.52 Å². The number of ether oxygens (including phenoxy) is 1. The van der Waals surface area contributed by atoms with Gasteiger partial charge in [0.15, 0.2) is 0 Å². The molecule has 0 saturated carbocycles. The molecule has 0 amide bonds. The van der Waals surface area contributed by atoms with Crippen LogP contribution in [-0.4, -0.2) is 52.8 Å². The Morgan fingerprint density at radius 3 is 2.17 bits per heavy atom. The first-order valence-electron chi connectivity index (χ1n) is 3.60. The SMILES string of the molecule is COP(O)(O)(O)N1CCOCC1. The molecule has 0 aliphatic carbocycles. The van der Waals surface area contributed by atoms with Crippen molar-refractivity contribution in [3.05, 3.63) is 0 Å². The molecule has 0 radical (unpaired) electrons. The summed E-state index contributed by atoms with van der Waals surface area (Å²) in [6.07, 6.45) is 0. The summed E-state index contributed by atoms with van der Waals surface area (Å²) in [6, 6.07) is 0. The molecule has 12 heavy (non-hydrogen) atoms. The van der Waals surface area contributed by atoms with Crippen molar-refractivity contribution in [3.63, 3.8) is 0 Å². The topological polar surface area (TPSA) is 82.4 Å². The summed E-state index contributed by atoms with van der Waals surface area (Å²) >= 11 is 0. The van der Waals surface area contributed by atoms with Crippen LogP contribution >= 0.6 is 7.66 Å². The van der Waals surface area contributed by atoms with E-state index in [0.717, 1.165) is 11.8 Å². The van der Waals surface area contributed by atoms with Crippen LogP contribution in [0.25, 0.3) is 0 Å². The molecule has 74 valence electrons. The average Bonchev–Trinajstić information content (AvgIpc) is 2.06. The number of hydrogen-bond donors (Lipinski definition) is 3. The van der Waals surface area contributed by atoms with Gasteiger partial charge in [-0.15, -0.1) is 0 Å². The van der Waals surface area contributed by atoms with E-state index < -0.39 is 7.66 Å². The van der Waals surface area contributed by atoms with E-state index in [0.29, 0.717) is 13.2 Å². The summed E-state index contributed by atoms with van der Waals surface area (Å²) in [4.78, 5) is 27.9. The van der Waals surface area contributed by atoms with E-state index in [4.69, 9.17) is 4.74 Å². The second-order valence-corrected chi connectivity index (χ2v) is 5.27. The van der Waals surface area contributed by atoms with Crippen molar-refractivity contribution < 1.29 is 23.9 Å². The third kappa shape index (κ3) is 2.11. The van der Waals surface area contributed by atoms with E-state index in [-0.39, 0.29) is 13.1 Å². The molecule has 0 aromatic heterocycles. The van der Waals surface area contributed by atoms with Gasteiger partial charge in [0.25, 0.3) is 0 Å². The molecule has 7 heteroatoms. The Balaban J connectivity index is 2.65. The maximum absolute atomic E-state index is 9.30. The molecule has 0 atom stereocenters. The molecular weight excluding hydrogens is 185 g/mol. The van der Waals surface area contributed by atoms with Gasteiger partial charge in [-0.1, -0.05) is 0 Å². The van der Waals surface area contributed by atoms with Gasteiger partial charge in [0.1, 0.15) is 0 Å². The average molecular weight is 199 g/mol. The molecule has 1 aliphatic heterocycles. The Morgan fingerprint density at radius 1 is 1.25 bits per heavy atom. The Labute approximate surface area is 70.6 Å². The quantitative estimate of drug-likeness (QED) is 0.498. The first kappa shape index (κ1) is 10.3. The van der Waals surface area contributed by atoms with Crippen molar-refractivity contribution in [1.82, 2.24) is 4.67 Å². The van der Waals surface area contributed by atoms with Gasteiger partial charge < -0.3 is 0 Å². The predicted molar refractivity (Wildman–Crippen MR) is 43.0 cm³/mol. The molecule has 1 fully saturated rings. The molecule has 1 aliphatic rings. The van der Waals surface area contributed by atoms with Gasteiger partial charge in [0.2, 0.25) is 0 Å². The Kier molecular flexibility index (Phi) is 2.70. The van der Waals surface area contributed by atoms with Crippen molar-refractivity contribution in [2.24, 2.45) is 0 Å². The number of nitrogens with zero attached hydrogens (tertiary/aromatic N) is 1. The molecule has 0 bridgehead atoms. The molecule has 1 heterocycles. The summed E-state index contributed by atoms with van der Waals surface area (Å²) in [6.45, 7) is 1.25. The zero-order chi connectivity index (χ0) is 9.27. The number of rotatable bonds is 2. The Bertz CT molecular complexity index is 161. The molecule has 6 nitrogen and oxygen atoms in total. The molecule has 1 saturated heterocycles. The molecule has 0 unspecified atom stereocenters. The molecule has 0 aromatic rings. The van der Waals surface area contributed by atoms with Crippen LogP contribution in [0.1, 0.15) is 0 Å². The van der Waals surface area contributed by atoms with Crippen LogP contribution in [-0.2, 0) is 9.26 Å². The van der Waals surface area contributed by atoms with Crippen molar-refractivity contribution in [2.75, 3.05) is 33.4 Å². The third-order valence-corrected chi connectivity index (χ3v) is 3.85. The van der Waals surface area contributed by atoms with Gasteiger partial charge in [-0.3, -0.25) is 0 Å². The monoisotopic (exact) mass is 199 g/mol. The van der Waals surface area contributed by atoms with Crippen LogP contribution in [0.5, 0.6) is 0 Å². The van der Waals surface area contributed by atoms with Gasteiger partial charge in [-0.05, 0) is 0 Å². The standard InChI is InChI=1S/C5H14NO5P/c1-10-12(7,8,9)6-2-4-11-5-3-6/h7-9H,2-5H2,1H3. The summed E-state index contributed by atoms with van der Waals surface area (Å²) in [5.74, 6) is 0. The summed E-state index contributed by atoms with van der Waals surface area (Å²) in [5.41, 5.74) is 0. The third-order valence-electron chi connectivity index (χ3n) is 1.81. The van der Waals surface area contributed by atoms with Crippen molar-refractivity contribution in [2.45, 2.75) is 0 Å². The molecule has 0 spiro atoms. The first-order valence-corrected chi connectivity index (χ1v) is 5.57. The van der Waals surface area contributed by atoms with Crippen molar-refractivity contribution in [1.29, 1.82) is 0 Å². The van der Waals surface area contributed by atoms with E-state index >= 15 is 0 Å². The zero-order valence-corrected chi connectivity index (χ0v) is 7.78. The second kappa shape index (κ2) is 3.16. The number of hydrogen-bond acceptors (Lipinski definition) is 6. The minimum absolute atomic E-state index is 0.259. The van der Waals surface area contributed by atoms with E-state index in [1.807, 2.05) is 0 Å².